The van der Waals surface area contributed by atoms with Gasteiger partial charge in [0.05, 0.1) is 5.69 Å². The van der Waals surface area contributed by atoms with Crippen LogP contribution in [0, 0.1) is 0 Å². The Morgan fingerprint density at radius 3 is 1.97 bits per heavy atom. The number of hydrogen-bond acceptors (Lipinski definition) is 3. The van der Waals surface area contributed by atoms with Crippen LogP contribution in [0.25, 0.3) is 6.08 Å². The third kappa shape index (κ3) is 6.72. The fourth-order valence-corrected chi connectivity index (χ4v) is 5.68. The first kappa shape index (κ1) is 22.1. The van der Waals surface area contributed by atoms with Crippen LogP contribution >= 0.6 is 0 Å². The average molecular weight is 393 g/mol. The molecule has 2 aliphatic carbocycles. The van der Waals surface area contributed by atoms with Crippen LogP contribution in [0.5, 0.6) is 0 Å². The number of nitrogens with one attached hydrogen (secondary N) is 1. The highest BCUT2D eigenvalue weighted by atomic mass is 15.0. The number of aromatic nitrogens is 2. The van der Waals surface area contributed by atoms with E-state index in [0.29, 0.717) is 5.92 Å². The van der Waals surface area contributed by atoms with Crippen molar-refractivity contribution in [2.75, 3.05) is 5.32 Å². The number of anilines is 1. The van der Waals surface area contributed by atoms with Crippen LogP contribution in [-0.4, -0.2) is 17.2 Å². The van der Waals surface area contributed by atoms with Crippen molar-refractivity contribution in [2.45, 2.75) is 107 Å². The van der Waals surface area contributed by atoms with Crippen molar-refractivity contribution < 1.29 is 0 Å². The lowest BCUT2D eigenvalue weighted by Crippen LogP contribution is -2.16. The van der Waals surface area contributed by atoms with Gasteiger partial charge in [0.15, 0.2) is 0 Å². The molecule has 0 aromatic carbocycles. The van der Waals surface area contributed by atoms with E-state index in [1.165, 1.54) is 103 Å². The molecule has 2 fully saturated rings. The summed E-state index contributed by atoms with van der Waals surface area (Å²) in [7, 11) is 1.49. The van der Waals surface area contributed by atoms with Crippen LogP contribution in [0.1, 0.15) is 107 Å². The molecule has 0 atom stereocenters. The van der Waals surface area contributed by atoms with Crippen molar-refractivity contribution in [3.05, 3.63) is 36.9 Å². The molecule has 0 spiro atoms. The molecule has 0 saturated heterocycles. The lowest BCUT2D eigenvalue weighted by Gasteiger charge is -2.27. The molecular weight excluding hydrogens is 353 g/mol. The van der Waals surface area contributed by atoms with Gasteiger partial charge in [-0.2, -0.15) is 0 Å². The van der Waals surface area contributed by atoms with Crippen molar-refractivity contribution in [1.29, 1.82) is 0 Å². The Labute approximate surface area is 179 Å². The molecule has 4 heteroatoms. The summed E-state index contributed by atoms with van der Waals surface area (Å²) >= 11 is 0. The van der Waals surface area contributed by atoms with Crippen molar-refractivity contribution >= 4 is 19.2 Å². The lowest BCUT2D eigenvalue weighted by atomic mass is 9.50. The molecule has 1 N–H and O–H groups in total. The molecule has 2 aliphatic rings. The van der Waals surface area contributed by atoms with Crippen molar-refractivity contribution in [3.8, 4) is 0 Å². The molecule has 1 heterocycles. The van der Waals surface area contributed by atoms with Crippen LogP contribution in [-0.2, 0) is 0 Å². The minimum Gasteiger partial charge on any atom is -0.347 e. The van der Waals surface area contributed by atoms with E-state index in [1.807, 2.05) is 6.08 Å². The van der Waals surface area contributed by atoms with Gasteiger partial charge >= 0.3 is 0 Å². The molecule has 0 amide bonds. The zero-order valence-electron chi connectivity index (χ0n) is 18.4. The molecule has 2 saturated carbocycles. The zero-order chi connectivity index (χ0) is 20.3. The normalized spacial score (nSPS) is 24.8. The maximum Gasteiger partial charge on any atom is 0.140 e. The lowest BCUT2D eigenvalue weighted by molar-refractivity contribution is 0.444. The summed E-state index contributed by atoms with van der Waals surface area (Å²) in [5.41, 5.74) is 2.23. The Hall–Kier alpha value is -1.58. The summed E-state index contributed by atoms with van der Waals surface area (Å²) in [5, 5.41) is 3.14. The molecule has 3 nitrogen and oxygen atoms in total. The second kappa shape index (κ2) is 12.2. The zero-order valence-corrected chi connectivity index (χ0v) is 18.4. The van der Waals surface area contributed by atoms with Gasteiger partial charge in [0.1, 0.15) is 19.4 Å². The summed E-state index contributed by atoms with van der Waals surface area (Å²) in [4.78, 5) is 9.04. The van der Waals surface area contributed by atoms with Crippen molar-refractivity contribution in [2.24, 2.45) is 0 Å². The van der Waals surface area contributed by atoms with Crippen LogP contribution in [0.4, 0.5) is 5.82 Å². The van der Waals surface area contributed by atoms with Crippen molar-refractivity contribution in [1.82, 2.24) is 9.97 Å². The van der Waals surface area contributed by atoms with Gasteiger partial charge in [0.25, 0.3) is 0 Å². The average Bonchev–Trinajstić information content (AvgIpc) is 2.84. The van der Waals surface area contributed by atoms with Gasteiger partial charge in [-0.05, 0) is 19.0 Å². The second-order valence-electron chi connectivity index (χ2n) is 9.30. The van der Waals surface area contributed by atoms with E-state index in [9.17, 15) is 0 Å². The SMILES string of the molecule is C=CNc1ncnc(C2CCCC(BC3CCCCCCCC3)CCC2)c1C=C. The van der Waals surface area contributed by atoms with Crippen molar-refractivity contribution in [3.63, 3.8) is 0 Å². The van der Waals surface area contributed by atoms with E-state index in [2.05, 4.69) is 28.4 Å². The number of rotatable bonds is 6. The molecular formula is C25H40BN3. The first-order valence-corrected chi connectivity index (χ1v) is 12.2. The van der Waals surface area contributed by atoms with Gasteiger partial charge < -0.3 is 5.32 Å². The molecule has 0 bridgehead atoms. The maximum absolute atomic E-state index is 4.67. The highest BCUT2D eigenvalue weighted by molar-refractivity contribution is 6.39. The fraction of sp³-hybridized carbons (Fsp3) is 0.680. The quantitative estimate of drug-likeness (QED) is 0.517. The molecule has 0 radical (unpaired) electrons. The van der Waals surface area contributed by atoms with Gasteiger partial charge in [-0.3, -0.25) is 0 Å². The topological polar surface area (TPSA) is 37.8 Å². The summed E-state index contributed by atoms with van der Waals surface area (Å²) in [5.74, 6) is 3.31. The Bertz CT molecular complexity index is 625. The van der Waals surface area contributed by atoms with Gasteiger partial charge in [0.2, 0.25) is 0 Å². The first-order chi connectivity index (χ1) is 14.3. The molecule has 0 aliphatic heterocycles. The third-order valence-corrected chi connectivity index (χ3v) is 7.22. The molecule has 29 heavy (non-hydrogen) atoms. The minimum atomic E-state index is 0.530. The molecule has 1 aromatic heterocycles. The van der Waals surface area contributed by atoms with E-state index < -0.39 is 0 Å². The Morgan fingerprint density at radius 2 is 1.38 bits per heavy atom. The number of hydrogen-bond donors (Lipinski definition) is 1. The van der Waals surface area contributed by atoms with E-state index in [4.69, 9.17) is 0 Å². The highest BCUT2D eigenvalue weighted by Crippen LogP contribution is 2.39. The fourth-order valence-electron chi connectivity index (χ4n) is 5.68. The monoisotopic (exact) mass is 393 g/mol. The van der Waals surface area contributed by atoms with Gasteiger partial charge in [-0.1, -0.05) is 108 Å². The third-order valence-electron chi connectivity index (χ3n) is 7.22. The predicted molar refractivity (Wildman–Crippen MR) is 128 cm³/mol. The summed E-state index contributed by atoms with van der Waals surface area (Å²) in [6.45, 7) is 7.78. The predicted octanol–water partition coefficient (Wildman–Crippen LogP) is 7.26. The summed E-state index contributed by atoms with van der Waals surface area (Å²) < 4.78 is 0. The maximum atomic E-state index is 4.67. The van der Waals surface area contributed by atoms with E-state index in [-0.39, 0.29) is 0 Å². The first-order valence-electron chi connectivity index (χ1n) is 12.2. The van der Waals surface area contributed by atoms with Crippen LogP contribution in [0.3, 0.4) is 0 Å². The molecule has 1 aromatic rings. The van der Waals surface area contributed by atoms with Gasteiger partial charge in [0, 0.05) is 11.5 Å². The van der Waals surface area contributed by atoms with E-state index in [0.717, 1.165) is 23.0 Å². The standard InChI is InChI=1S/C25H40BN3/c1-3-23-24(28-19-29-25(23)27-4-2)20-13-11-17-22(18-12-14-20)26-21-15-9-7-5-6-8-10-16-21/h3-4,19-22,26H,1-2,5-18H2,(H,27,28,29). The summed E-state index contributed by atoms with van der Waals surface area (Å²) in [6, 6.07) is 0. The Balaban J connectivity index is 1.56. The molecule has 0 unspecified atom stereocenters. The number of nitrogens with zero attached hydrogens (tertiary/aromatic N) is 2. The Kier molecular flexibility index (Phi) is 9.30. The van der Waals surface area contributed by atoms with E-state index >= 15 is 0 Å². The van der Waals surface area contributed by atoms with Crippen LogP contribution < -0.4 is 5.32 Å². The smallest absolute Gasteiger partial charge is 0.140 e. The largest absolute Gasteiger partial charge is 0.347 e. The van der Waals surface area contributed by atoms with Gasteiger partial charge in [-0.15, -0.1) is 0 Å². The van der Waals surface area contributed by atoms with Crippen LogP contribution in [0.2, 0.25) is 11.6 Å². The minimum absolute atomic E-state index is 0.530. The second-order valence-corrected chi connectivity index (χ2v) is 9.30. The molecule has 3 rings (SSSR count). The summed E-state index contributed by atoms with van der Waals surface area (Å²) in [6.07, 6.45) is 25.0. The van der Waals surface area contributed by atoms with Gasteiger partial charge in [-0.25, -0.2) is 9.97 Å². The van der Waals surface area contributed by atoms with Crippen LogP contribution in [0.15, 0.2) is 25.7 Å². The van der Waals surface area contributed by atoms with E-state index in [1.54, 1.807) is 12.5 Å². The highest BCUT2D eigenvalue weighted by Gasteiger charge is 2.24. The molecule has 158 valence electrons. The Morgan fingerprint density at radius 1 is 0.793 bits per heavy atom.